The third-order valence-corrected chi connectivity index (χ3v) is 8.77. The Morgan fingerprint density at radius 3 is 1.90 bits per heavy atom. The van der Waals surface area contributed by atoms with Gasteiger partial charge in [0.2, 0.25) is 0 Å². The topological polar surface area (TPSA) is 31.1 Å². The van der Waals surface area contributed by atoms with Crippen LogP contribution in [0.1, 0.15) is 25.0 Å². The normalized spacial score (nSPS) is 13.2. The number of hydrogen-bond donors (Lipinski definition) is 2. The summed E-state index contributed by atoms with van der Waals surface area (Å²) in [7, 11) is 0. The van der Waals surface area contributed by atoms with Crippen LogP contribution in [0.15, 0.2) is 140 Å². The lowest BCUT2D eigenvalue weighted by molar-refractivity contribution is 0.660. The SMILES string of the molecule is CC1(C)c2cc(Nc3cccc4c3[nH]c3ccccc34)ccc2-c2ccc(N(c3ccccc3)c3ccccc3)cc21. The first-order valence-electron chi connectivity index (χ1n) is 14.5. The quantitative estimate of drug-likeness (QED) is 0.227. The van der Waals surface area contributed by atoms with Crippen LogP contribution in [0.3, 0.4) is 0 Å². The molecular formula is C39H31N3. The summed E-state index contributed by atoms with van der Waals surface area (Å²) in [6, 6.07) is 50.0. The molecule has 1 aromatic heterocycles. The second-order valence-corrected chi connectivity index (χ2v) is 11.6. The van der Waals surface area contributed by atoms with Gasteiger partial charge in [0.05, 0.1) is 11.2 Å². The Morgan fingerprint density at radius 1 is 0.548 bits per heavy atom. The second kappa shape index (κ2) is 9.39. The van der Waals surface area contributed by atoms with Crippen molar-refractivity contribution in [1.29, 1.82) is 0 Å². The van der Waals surface area contributed by atoms with E-state index >= 15 is 0 Å². The number of benzene rings is 6. The zero-order valence-electron chi connectivity index (χ0n) is 23.7. The summed E-state index contributed by atoms with van der Waals surface area (Å²) in [5, 5.41) is 6.22. The highest BCUT2D eigenvalue weighted by Gasteiger charge is 2.36. The van der Waals surface area contributed by atoms with Gasteiger partial charge in [0.1, 0.15) is 0 Å². The van der Waals surface area contributed by atoms with E-state index in [9.17, 15) is 0 Å². The number of anilines is 5. The Hall–Kier alpha value is -5.28. The van der Waals surface area contributed by atoms with Gasteiger partial charge in [0.25, 0.3) is 0 Å². The lowest BCUT2D eigenvalue weighted by Gasteiger charge is -2.28. The van der Waals surface area contributed by atoms with Crippen LogP contribution >= 0.6 is 0 Å². The summed E-state index contributed by atoms with van der Waals surface area (Å²) < 4.78 is 0. The number of nitrogens with one attached hydrogen (secondary N) is 2. The molecule has 0 fully saturated rings. The van der Waals surface area contributed by atoms with Gasteiger partial charge in [-0.25, -0.2) is 0 Å². The maximum atomic E-state index is 3.74. The maximum Gasteiger partial charge on any atom is 0.0704 e. The Balaban J connectivity index is 1.19. The number of nitrogens with zero attached hydrogens (tertiary/aromatic N) is 1. The van der Waals surface area contributed by atoms with Gasteiger partial charge in [-0.1, -0.05) is 92.7 Å². The van der Waals surface area contributed by atoms with E-state index in [4.69, 9.17) is 0 Å². The van der Waals surface area contributed by atoms with Gasteiger partial charge in [0, 0.05) is 44.5 Å². The zero-order chi connectivity index (χ0) is 28.3. The molecule has 1 aliphatic rings. The number of aromatic amines is 1. The molecule has 7 aromatic rings. The van der Waals surface area contributed by atoms with Crippen LogP contribution in [-0.4, -0.2) is 4.98 Å². The van der Waals surface area contributed by atoms with Gasteiger partial charge < -0.3 is 15.2 Å². The molecule has 3 nitrogen and oxygen atoms in total. The van der Waals surface area contributed by atoms with Gasteiger partial charge in [-0.3, -0.25) is 0 Å². The highest BCUT2D eigenvalue weighted by atomic mass is 15.1. The first-order valence-corrected chi connectivity index (χ1v) is 14.5. The average Bonchev–Trinajstić information content (AvgIpc) is 3.52. The van der Waals surface area contributed by atoms with Gasteiger partial charge >= 0.3 is 0 Å². The molecule has 0 radical (unpaired) electrons. The van der Waals surface area contributed by atoms with Crippen molar-refractivity contribution in [2.24, 2.45) is 0 Å². The summed E-state index contributed by atoms with van der Waals surface area (Å²) in [4.78, 5) is 5.97. The number of H-pyrrole nitrogens is 1. The molecule has 0 amide bonds. The van der Waals surface area contributed by atoms with Crippen LogP contribution in [0.4, 0.5) is 28.4 Å². The average molecular weight is 542 g/mol. The monoisotopic (exact) mass is 541 g/mol. The summed E-state index contributed by atoms with van der Waals surface area (Å²) in [5.74, 6) is 0. The summed E-state index contributed by atoms with van der Waals surface area (Å²) in [6.07, 6.45) is 0. The van der Waals surface area contributed by atoms with Crippen LogP contribution in [0.5, 0.6) is 0 Å². The fourth-order valence-corrected chi connectivity index (χ4v) is 6.68. The molecule has 0 spiro atoms. The molecule has 0 unspecified atom stereocenters. The van der Waals surface area contributed by atoms with E-state index in [1.54, 1.807) is 0 Å². The van der Waals surface area contributed by atoms with Crippen LogP contribution in [0, 0.1) is 0 Å². The number of fused-ring (bicyclic) bond motifs is 6. The fourth-order valence-electron chi connectivity index (χ4n) is 6.68. The molecule has 0 atom stereocenters. The van der Waals surface area contributed by atoms with Crippen LogP contribution in [0.2, 0.25) is 0 Å². The van der Waals surface area contributed by atoms with Crippen LogP contribution < -0.4 is 10.2 Å². The zero-order valence-corrected chi connectivity index (χ0v) is 23.7. The van der Waals surface area contributed by atoms with E-state index < -0.39 is 0 Å². The molecule has 0 aliphatic heterocycles. The second-order valence-electron chi connectivity index (χ2n) is 11.6. The van der Waals surface area contributed by atoms with Crippen LogP contribution in [-0.2, 0) is 5.41 Å². The third kappa shape index (κ3) is 3.82. The number of rotatable bonds is 5. The molecule has 202 valence electrons. The maximum absolute atomic E-state index is 3.74. The standard InChI is InChI=1S/C39H31N3/c1-39(2)34-24-26(40-37-19-11-17-33-32-16-9-10-18-36(32)41-38(33)37)20-22-30(34)31-23-21-29(25-35(31)39)42(27-12-5-3-6-13-27)28-14-7-4-8-15-28/h3-25,40-41H,1-2H3. The minimum absolute atomic E-state index is 0.148. The van der Waals surface area contributed by atoms with Crippen LogP contribution in [0.25, 0.3) is 32.9 Å². The van der Waals surface area contributed by atoms with Crippen molar-refractivity contribution in [2.45, 2.75) is 19.3 Å². The van der Waals surface area contributed by atoms with E-state index in [-0.39, 0.29) is 5.41 Å². The van der Waals surface area contributed by atoms with Gasteiger partial charge in [-0.15, -0.1) is 0 Å². The van der Waals surface area contributed by atoms with E-state index in [0.29, 0.717) is 0 Å². The lowest BCUT2D eigenvalue weighted by atomic mass is 9.82. The highest BCUT2D eigenvalue weighted by molar-refractivity contribution is 6.11. The van der Waals surface area contributed by atoms with Gasteiger partial charge in [0.15, 0.2) is 0 Å². The molecular weight excluding hydrogens is 510 g/mol. The van der Waals surface area contributed by atoms with E-state index in [1.165, 1.54) is 33.0 Å². The number of para-hydroxylation sites is 4. The van der Waals surface area contributed by atoms with Crippen molar-refractivity contribution in [3.63, 3.8) is 0 Å². The Morgan fingerprint density at radius 2 is 1.17 bits per heavy atom. The smallest absolute Gasteiger partial charge is 0.0704 e. The minimum atomic E-state index is -0.148. The first kappa shape index (κ1) is 24.5. The van der Waals surface area contributed by atoms with E-state index in [1.807, 2.05) is 0 Å². The highest BCUT2D eigenvalue weighted by Crippen LogP contribution is 2.51. The molecule has 3 heteroatoms. The van der Waals surface area contributed by atoms with Crippen molar-refractivity contribution in [2.75, 3.05) is 10.2 Å². The molecule has 1 heterocycles. The summed E-state index contributed by atoms with van der Waals surface area (Å²) >= 11 is 0. The van der Waals surface area contributed by atoms with Gasteiger partial charge in [-0.05, 0) is 82.9 Å². The molecule has 0 saturated carbocycles. The number of hydrogen-bond acceptors (Lipinski definition) is 2. The van der Waals surface area contributed by atoms with Gasteiger partial charge in [-0.2, -0.15) is 0 Å². The predicted octanol–water partition coefficient (Wildman–Crippen LogP) is 10.8. The van der Waals surface area contributed by atoms with Crippen molar-refractivity contribution in [3.05, 3.63) is 151 Å². The molecule has 0 bridgehead atoms. The molecule has 2 N–H and O–H groups in total. The molecule has 8 rings (SSSR count). The Bertz CT molecular complexity index is 2050. The van der Waals surface area contributed by atoms with E-state index in [2.05, 4.69) is 169 Å². The first-order chi connectivity index (χ1) is 20.6. The van der Waals surface area contributed by atoms with Crippen molar-refractivity contribution >= 4 is 50.2 Å². The number of aromatic nitrogens is 1. The Labute approximate surface area is 246 Å². The molecule has 0 saturated heterocycles. The van der Waals surface area contributed by atoms with E-state index in [0.717, 1.165) is 39.5 Å². The molecule has 6 aromatic carbocycles. The Kier molecular flexibility index (Phi) is 5.48. The summed E-state index contributed by atoms with van der Waals surface area (Å²) in [5.41, 5.74) is 13.1. The van der Waals surface area contributed by atoms with Crippen molar-refractivity contribution < 1.29 is 0 Å². The summed E-state index contributed by atoms with van der Waals surface area (Å²) in [6.45, 7) is 4.69. The fraction of sp³-hybridized carbons (Fsp3) is 0.0769. The van der Waals surface area contributed by atoms with Crippen molar-refractivity contribution in [1.82, 2.24) is 4.98 Å². The van der Waals surface area contributed by atoms with Crippen molar-refractivity contribution in [3.8, 4) is 11.1 Å². The molecule has 1 aliphatic carbocycles. The third-order valence-electron chi connectivity index (χ3n) is 8.77. The predicted molar refractivity (Wildman–Crippen MR) is 178 cm³/mol. The lowest BCUT2D eigenvalue weighted by Crippen LogP contribution is -2.16. The largest absolute Gasteiger partial charge is 0.354 e. The molecule has 42 heavy (non-hydrogen) atoms. The minimum Gasteiger partial charge on any atom is -0.354 e.